The van der Waals surface area contributed by atoms with Gasteiger partial charge in [0.25, 0.3) is 5.91 Å². The van der Waals surface area contributed by atoms with Gasteiger partial charge in [0.2, 0.25) is 0 Å². The fourth-order valence-electron chi connectivity index (χ4n) is 0.692. The molecule has 1 amide bonds. The number of nitrogens with one attached hydrogen (secondary N) is 1. The molecular weight excluding hydrogens is 370 g/mol. The van der Waals surface area contributed by atoms with Gasteiger partial charge in [0.1, 0.15) is 0 Å². The van der Waals surface area contributed by atoms with Crippen molar-refractivity contribution in [2.24, 2.45) is 16.1 Å². The number of H-pyrrole nitrogens is 1. The van der Waals surface area contributed by atoms with Gasteiger partial charge in [-0.2, -0.15) is 0 Å². The molecule has 18 heavy (non-hydrogen) atoms. The summed E-state index contributed by atoms with van der Waals surface area (Å²) in [5.41, 5.74) is 5.12. The van der Waals surface area contributed by atoms with Crippen molar-refractivity contribution in [1.29, 1.82) is 0 Å². The maximum atomic E-state index is 10.8. The van der Waals surface area contributed by atoms with E-state index in [2.05, 4.69) is 23.0 Å². The summed E-state index contributed by atoms with van der Waals surface area (Å²) in [6.07, 6.45) is 1.34. The topological polar surface area (TPSA) is 143 Å². The molecule has 0 unspecified atom stereocenters. The first-order valence-electron chi connectivity index (χ1n) is 4.26. The van der Waals surface area contributed by atoms with E-state index in [-0.39, 0.29) is 11.5 Å². The van der Waals surface area contributed by atoms with Crippen LogP contribution in [0.3, 0.4) is 0 Å². The molecule has 0 spiro atoms. The number of carbonyl (C=O) groups excluding carboxylic acids is 1. The van der Waals surface area contributed by atoms with E-state index in [4.69, 9.17) is 5.73 Å². The molecule has 0 aliphatic heterocycles. The van der Waals surface area contributed by atoms with E-state index >= 15 is 0 Å². The average molecular weight is 380 g/mol. The van der Waals surface area contributed by atoms with Crippen LogP contribution in [0, 0.1) is 0 Å². The van der Waals surface area contributed by atoms with Gasteiger partial charge in [-0.3, -0.25) is 9.80 Å². The van der Waals surface area contributed by atoms with Gasteiger partial charge >= 0.3 is 42.3 Å². The summed E-state index contributed by atoms with van der Waals surface area (Å²) in [5, 5.41) is 8.90. The second kappa shape index (κ2) is 9.75. The van der Waals surface area contributed by atoms with Crippen molar-refractivity contribution in [2.75, 3.05) is 14.1 Å². The molecule has 1 aromatic rings. The first kappa shape index (κ1) is 16.8. The number of rotatable bonds is 5. The molecule has 0 bridgehead atoms. The third kappa shape index (κ3) is 7.15. The molecule has 0 saturated carbocycles. The zero-order chi connectivity index (χ0) is 14.0. The van der Waals surface area contributed by atoms with E-state index in [9.17, 15) is 12.3 Å². The quantitative estimate of drug-likeness (QED) is 0.381. The van der Waals surface area contributed by atoms with Crippen LogP contribution in [-0.2, 0) is 10.2 Å². The first-order chi connectivity index (χ1) is 8.52. The number of amides is 1. The molecule has 12 heteroatoms. The van der Waals surface area contributed by atoms with Crippen molar-refractivity contribution in [3.05, 3.63) is 12.0 Å². The summed E-state index contributed by atoms with van der Waals surface area (Å²) in [5.74, 6) is -0.366. The third-order valence-corrected chi connectivity index (χ3v) is 2.98. The molecule has 0 fully saturated rings. The number of aromatic nitrogens is 2. The molecule has 1 rings (SSSR count). The van der Waals surface area contributed by atoms with Gasteiger partial charge in [-0.1, -0.05) is 5.22 Å². The van der Waals surface area contributed by atoms with Crippen LogP contribution >= 0.6 is 0 Å². The Hall–Kier alpha value is -1.24. The monoisotopic (exact) mass is 380 g/mol. The van der Waals surface area contributed by atoms with Crippen LogP contribution in [0.1, 0.15) is 10.5 Å². The van der Waals surface area contributed by atoms with Crippen LogP contribution < -0.4 is 5.73 Å². The van der Waals surface area contributed by atoms with E-state index in [0.717, 1.165) is 0 Å². The molecule has 0 aromatic carbocycles. The Morgan fingerprint density at radius 2 is 2.11 bits per heavy atom. The Labute approximate surface area is 116 Å². The van der Waals surface area contributed by atoms with Gasteiger partial charge in [0.05, 0.1) is 6.33 Å². The van der Waals surface area contributed by atoms with E-state index in [1.54, 1.807) is 14.1 Å². The number of imidazole rings is 1. The number of hydrogen-bond acceptors (Lipinski definition) is 7. The molecule has 0 aliphatic carbocycles. The number of hydrogen-bond donors (Lipinski definition) is 2. The summed E-state index contributed by atoms with van der Waals surface area (Å²) < 4.78 is 22.4. The molecule has 10 nitrogen and oxygen atoms in total. The Morgan fingerprint density at radius 1 is 1.50 bits per heavy atom. The molecule has 1 heterocycles. The fraction of sp³-hybridized carbons (Fsp3) is 0.333. The second-order valence-corrected chi connectivity index (χ2v) is 5.48. The van der Waals surface area contributed by atoms with E-state index in [0.29, 0.717) is 0 Å². The van der Waals surface area contributed by atoms with E-state index in [1.807, 2.05) is 0 Å². The van der Waals surface area contributed by atoms with Crippen LogP contribution in [0.15, 0.2) is 16.7 Å². The number of nitrogens with zero attached hydrogens (tertiary/aromatic N) is 4. The summed E-state index contributed by atoms with van der Waals surface area (Å²) in [7, 11) is 3.42. The molecule has 0 atom stereocenters. The number of carbonyl (C=O) groups is 1. The molecular formula is C6H10As2N6O4. The SMILES string of the molecule is CN(C)/N=N/c1[nH]cnc1C(N)=O.O=[As]O[As]=O. The van der Waals surface area contributed by atoms with E-state index < -0.39 is 38.0 Å². The van der Waals surface area contributed by atoms with Gasteiger partial charge in [-0.15, -0.1) is 5.11 Å². The summed E-state index contributed by atoms with van der Waals surface area (Å²) in [6, 6.07) is 0. The molecule has 3 N–H and O–H groups in total. The molecule has 98 valence electrons. The first-order valence-corrected chi connectivity index (χ1v) is 7.33. The number of primary amides is 1. The Bertz CT molecular complexity index is 427. The van der Waals surface area contributed by atoms with E-state index in [1.165, 1.54) is 11.3 Å². The van der Waals surface area contributed by atoms with Crippen molar-refractivity contribution in [1.82, 2.24) is 15.0 Å². The van der Waals surface area contributed by atoms with Gasteiger partial charge in [-0.05, 0) is 0 Å². The van der Waals surface area contributed by atoms with Crippen molar-refractivity contribution in [2.45, 2.75) is 0 Å². The van der Waals surface area contributed by atoms with Crippen LogP contribution in [0.25, 0.3) is 0 Å². The number of nitrogens with two attached hydrogens (primary N) is 1. The van der Waals surface area contributed by atoms with Crippen molar-refractivity contribution < 1.29 is 15.0 Å². The Morgan fingerprint density at radius 3 is 2.50 bits per heavy atom. The zero-order valence-electron chi connectivity index (χ0n) is 9.47. The Kier molecular flexibility index (Phi) is 9.08. The minimum atomic E-state index is -1.30. The molecule has 0 aliphatic rings. The average Bonchev–Trinajstić information content (AvgIpc) is 2.76. The van der Waals surface area contributed by atoms with Crippen LogP contribution in [-0.4, -0.2) is 67.0 Å². The van der Waals surface area contributed by atoms with Crippen molar-refractivity contribution >= 4 is 43.8 Å². The van der Waals surface area contributed by atoms with Crippen molar-refractivity contribution in [3.8, 4) is 0 Å². The predicted octanol–water partition coefficient (Wildman–Crippen LogP) is -0.999. The molecule has 0 radical (unpaired) electrons. The third-order valence-electron chi connectivity index (χ3n) is 1.24. The fourth-order valence-corrected chi connectivity index (χ4v) is 1.05. The summed E-state index contributed by atoms with van der Waals surface area (Å²) in [4.78, 5) is 17.1. The summed E-state index contributed by atoms with van der Waals surface area (Å²) in [6.45, 7) is 0. The van der Waals surface area contributed by atoms with Crippen LogP contribution in [0.2, 0.25) is 0 Å². The maximum absolute atomic E-state index is 10.8. The predicted molar refractivity (Wildman–Crippen MR) is 59.3 cm³/mol. The zero-order valence-corrected chi connectivity index (χ0v) is 13.2. The van der Waals surface area contributed by atoms with Gasteiger partial charge < -0.3 is 10.7 Å². The Balaban J connectivity index is 0.000000494. The van der Waals surface area contributed by atoms with Crippen LogP contribution in [0.5, 0.6) is 0 Å². The standard InChI is InChI=1S/C6H10N6O.As2O3/c1-12(2)11-10-6-4(5(7)13)8-3-9-6;3-1-5-2-4/h3H,1-2H3,(H2,7,13)(H,8,9);/b11-10+;. The van der Waals surface area contributed by atoms with Crippen LogP contribution in [0.4, 0.5) is 5.82 Å². The number of aromatic amines is 1. The van der Waals surface area contributed by atoms with Gasteiger partial charge in [0, 0.05) is 14.1 Å². The van der Waals surface area contributed by atoms with Gasteiger partial charge in [0.15, 0.2) is 11.5 Å². The van der Waals surface area contributed by atoms with Gasteiger partial charge in [-0.25, -0.2) is 4.98 Å². The molecule has 1 aromatic heterocycles. The normalized spacial score (nSPS) is 10.3. The molecule has 0 saturated heterocycles. The summed E-state index contributed by atoms with van der Waals surface area (Å²) >= 11 is -2.61. The second-order valence-electron chi connectivity index (χ2n) is 2.73. The van der Waals surface area contributed by atoms with Crippen molar-refractivity contribution in [3.63, 3.8) is 0 Å². The minimum absolute atomic E-state index is 0.0885.